The standard InChI is InChI=1S/C20H19NO4/c21-12-15-3-5-16(6-4-15)13-25-20(22)17-7-9-18(10-8-17)24-14-19-2-1-11-23-19/h3-10,19H,1-2,11,13-14H2/t19-/m0/s1. The lowest BCUT2D eigenvalue weighted by atomic mass is 10.1. The molecule has 0 saturated carbocycles. The predicted octanol–water partition coefficient (Wildman–Crippen LogP) is 3.47. The molecule has 0 unspecified atom stereocenters. The normalized spacial score (nSPS) is 16.2. The highest BCUT2D eigenvalue weighted by Gasteiger charge is 2.16. The van der Waals surface area contributed by atoms with Crippen molar-refractivity contribution in [2.45, 2.75) is 25.6 Å². The van der Waals surface area contributed by atoms with E-state index in [4.69, 9.17) is 19.5 Å². The molecule has 128 valence electrons. The highest BCUT2D eigenvalue weighted by Crippen LogP contribution is 2.17. The summed E-state index contributed by atoms with van der Waals surface area (Å²) in [5, 5.41) is 8.76. The Bertz CT molecular complexity index is 741. The van der Waals surface area contributed by atoms with Gasteiger partial charge in [-0.1, -0.05) is 12.1 Å². The highest BCUT2D eigenvalue weighted by atomic mass is 16.5. The lowest BCUT2D eigenvalue weighted by Crippen LogP contribution is -2.16. The second-order valence-electron chi connectivity index (χ2n) is 5.86. The Kier molecular flexibility index (Phi) is 5.65. The smallest absolute Gasteiger partial charge is 0.338 e. The third kappa shape index (κ3) is 4.82. The molecule has 1 heterocycles. The van der Waals surface area contributed by atoms with Crippen LogP contribution in [0.3, 0.4) is 0 Å². The number of carbonyl (C=O) groups excluding carboxylic acids is 1. The van der Waals surface area contributed by atoms with Crippen LogP contribution in [0.4, 0.5) is 0 Å². The van der Waals surface area contributed by atoms with E-state index in [0.29, 0.717) is 23.5 Å². The van der Waals surface area contributed by atoms with Crippen LogP contribution in [0.1, 0.15) is 34.3 Å². The molecule has 0 aromatic heterocycles. The van der Waals surface area contributed by atoms with Gasteiger partial charge >= 0.3 is 5.97 Å². The van der Waals surface area contributed by atoms with Gasteiger partial charge in [-0.15, -0.1) is 0 Å². The summed E-state index contributed by atoms with van der Waals surface area (Å²) in [7, 11) is 0. The average Bonchev–Trinajstić information content (AvgIpc) is 3.19. The molecule has 25 heavy (non-hydrogen) atoms. The largest absolute Gasteiger partial charge is 0.491 e. The molecule has 1 fully saturated rings. The van der Waals surface area contributed by atoms with Crippen LogP contribution in [0.5, 0.6) is 5.75 Å². The van der Waals surface area contributed by atoms with Gasteiger partial charge < -0.3 is 14.2 Å². The first kappa shape index (κ1) is 17.0. The van der Waals surface area contributed by atoms with Gasteiger partial charge in [0.05, 0.1) is 23.3 Å². The predicted molar refractivity (Wildman–Crippen MR) is 91.2 cm³/mol. The molecule has 0 aliphatic carbocycles. The first-order chi connectivity index (χ1) is 12.2. The van der Waals surface area contributed by atoms with E-state index in [1.165, 1.54) is 0 Å². The number of ether oxygens (including phenoxy) is 3. The Labute approximate surface area is 146 Å². The monoisotopic (exact) mass is 337 g/mol. The number of rotatable bonds is 6. The molecule has 5 heteroatoms. The van der Waals surface area contributed by atoms with Crippen LogP contribution in [0.15, 0.2) is 48.5 Å². The second kappa shape index (κ2) is 8.32. The summed E-state index contributed by atoms with van der Waals surface area (Å²) in [4.78, 5) is 12.1. The summed E-state index contributed by atoms with van der Waals surface area (Å²) in [6, 6.07) is 15.9. The summed E-state index contributed by atoms with van der Waals surface area (Å²) in [6.45, 7) is 1.50. The van der Waals surface area contributed by atoms with Crippen molar-refractivity contribution in [3.63, 3.8) is 0 Å². The number of nitrogens with zero attached hydrogens (tertiary/aromatic N) is 1. The molecule has 0 bridgehead atoms. The summed E-state index contributed by atoms with van der Waals surface area (Å²) in [6.07, 6.45) is 2.27. The molecule has 1 aliphatic rings. The van der Waals surface area contributed by atoms with Crippen LogP contribution >= 0.6 is 0 Å². The van der Waals surface area contributed by atoms with Crippen molar-refractivity contribution in [2.75, 3.05) is 13.2 Å². The maximum Gasteiger partial charge on any atom is 0.338 e. The number of hydrogen-bond donors (Lipinski definition) is 0. The molecule has 2 aromatic carbocycles. The van der Waals surface area contributed by atoms with Crippen molar-refractivity contribution in [3.05, 3.63) is 65.2 Å². The fourth-order valence-electron chi connectivity index (χ4n) is 2.56. The Balaban J connectivity index is 1.48. The average molecular weight is 337 g/mol. The Hall–Kier alpha value is -2.84. The van der Waals surface area contributed by atoms with Gasteiger partial charge in [-0.2, -0.15) is 5.26 Å². The Morgan fingerprint density at radius 1 is 1.16 bits per heavy atom. The van der Waals surface area contributed by atoms with E-state index >= 15 is 0 Å². The maximum atomic E-state index is 12.1. The minimum absolute atomic E-state index is 0.164. The summed E-state index contributed by atoms with van der Waals surface area (Å²) in [5.74, 6) is 0.314. The molecule has 0 N–H and O–H groups in total. The van der Waals surface area contributed by atoms with Crippen molar-refractivity contribution in [1.82, 2.24) is 0 Å². The van der Waals surface area contributed by atoms with Crippen molar-refractivity contribution in [3.8, 4) is 11.8 Å². The van der Waals surface area contributed by atoms with Crippen LogP contribution in [-0.4, -0.2) is 25.3 Å². The van der Waals surface area contributed by atoms with Gasteiger partial charge in [-0.05, 0) is 54.8 Å². The minimum atomic E-state index is -0.393. The lowest BCUT2D eigenvalue weighted by Gasteiger charge is -2.11. The van der Waals surface area contributed by atoms with Gasteiger partial charge in [0, 0.05) is 6.61 Å². The van der Waals surface area contributed by atoms with Crippen molar-refractivity contribution in [2.24, 2.45) is 0 Å². The fraction of sp³-hybridized carbons (Fsp3) is 0.300. The number of esters is 1. The van der Waals surface area contributed by atoms with Gasteiger partial charge in [-0.3, -0.25) is 0 Å². The van der Waals surface area contributed by atoms with Crippen molar-refractivity contribution in [1.29, 1.82) is 5.26 Å². The quantitative estimate of drug-likeness (QED) is 0.755. The number of nitriles is 1. The Morgan fingerprint density at radius 3 is 2.56 bits per heavy atom. The van der Waals surface area contributed by atoms with Crippen molar-refractivity contribution < 1.29 is 19.0 Å². The van der Waals surface area contributed by atoms with Crippen LogP contribution in [0.25, 0.3) is 0 Å². The second-order valence-corrected chi connectivity index (χ2v) is 5.86. The van der Waals surface area contributed by atoms with E-state index in [0.717, 1.165) is 25.0 Å². The zero-order chi connectivity index (χ0) is 17.5. The minimum Gasteiger partial charge on any atom is -0.491 e. The highest BCUT2D eigenvalue weighted by molar-refractivity contribution is 5.89. The molecule has 1 aliphatic heterocycles. The first-order valence-electron chi connectivity index (χ1n) is 8.25. The van der Waals surface area contributed by atoms with E-state index in [9.17, 15) is 4.79 Å². The van der Waals surface area contributed by atoms with E-state index < -0.39 is 5.97 Å². The van der Waals surface area contributed by atoms with Crippen molar-refractivity contribution >= 4 is 5.97 Å². The zero-order valence-corrected chi connectivity index (χ0v) is 13.8. The third-order valence-electron chi connectivity index (χ3n) is 4.00. The van der Waals surface area contributed by atoms with Crippen LogP contribution < -0.4 is 4.74 Å². The summed E-state index contributed by atoms with van der Waals surface area (Å²) in [5.41, 5.74) is 1.88. The van der Waals surface area contributed by atoms with E-state index in [1.807, 2.05) is 0 Å². The molecule has 0 amide bonds. The Morgan fingerprint density at radius 2 is 1.92 bits per heavy atom. The number of hydrogen-bond acceptors (Lipinski definition) is 5. The van der Waals surface area contributed by atoms with Gasteiger partial charge in [0.25, 0.3) is 0 Å². The van der Waals surface area contributed by atoms with Gasteiger partial charge in [0.15, 0.2) is 0 Å². The van der Waals surface area contributed by atoms with Gasteiger partial charge in [0.1, 0.15) is 19.0 Å². The van der Waals surface area contributed by atoms with E-state index in [-0.39, 0.29) is 12.7 Å². The molecule has 0 radical (unpaired) electrons. The molecular formula is C20H19NO4. The van der Waals surface area contributed by atoms with Crippen LogP contribution in [0, 0.1) is 11.3 Å². The first-order valence-corrected chi connectivity index (χ1v) is 8.25. The molecular weight excluding hydrogens is 318 g/mol. The van der Waals surface area contributed by atoms with Gasteiger partial charge in [0.2, 0.25) is 0 Å². The fourth-order valence-corrected chi connectivity index (χ4v) is 2.56. The van der Waals surface area contributed by atoms with Crippen LogP contribution in [-0.2, 0) is 16.1 Å². The van der Waals surface area contributed by atoms with Crippen LogP contribution in [0.2, 0.25) is 0 Å². The SMILES string of the molecule is N#Cc1ccc(COC(=O)c2ccc(OC[C@@H]3CCCO3)cc2)cc1. The molecule has 2 aromatic rings. The van der Waals surface area contributed by atoms with E-state index in [1.54, 1.807) is 48.5 Å². The molecule has 1 atom stereocenters. The van der Waals surface area contributed by atoms with E-state index in [2.05, 4.69) is 6.07 Å². The summed E-state index contributed by atoms with van der Waals surface area (Å²) >= 11 is 0. The molecule has 3 rings (SSSR count). The number of benzene rings is 2. The summed E-state index contributed by atoms with van der Waals surface area (Å²) < 4.78 is 16.5. The third-order valence-corrected chi connectivity index (χ3v) is 4.00. The molecule has 0 spiro atoms. The van der Waals surface area contributed by atoms with Gasteiger partial charge in [-0.25, -0.2) is 4.79 Å². The topological polar surface area (TPSA) is 68.5 Å². The maximum absolute atomic E-state index is 12.1. The molecule has 1 saturated heterocycles. The number of carbonyl (C=O) groups is 1. The lowest BCUT2D eigenvalue weighted by molar-refractivity contribution is 0.0472. The zero-order valence-electron chi connectivity index (χ0n) is 13.8. The molecule has 5 nitrogen and oxygen atoms in total.